The molecule has 0 fully saturated rings. The van der Waals surface area contributed by atoms with Crippen LogP contribution >= 0.6 is 0 Å². The lowest BCUT2D eigenvalue weighted by atomic mass is 10.1. The first-order valence-corrected chi connectivity index (χ1v) is 5.98. The van der Waals surface area contributed by atoms with Crippen molar-refractivity contribution in [2.24, 2.45) is 0 Å². The number of rotatable bonds is 4. The SMILES string of the molecule is CC(O)CCNC(=O)c1cccc2ncccc12. The van der Waals surface area contributed by atoms with E-state index in [0.29, 0.717) is 18.5 Å². The first kappa shape index (κ1) is 12.5. The van der Waals surface area contributed by atoms with Crippen molar-refractivity contribution in [2.45, 2.75) is 19.4 Å². The molecule has 0 radical (unpaired) electrons. The summed E-state index contributed by atoms with van der Waals surface area (Å²) >= 11 is 0. The van der Waals surface area contributed by atoms with E-state index in [4.69, 9.17) is 5.11 Å². The summed E-state index contributed by atoms with van der Waals surface area (Å²) in [4.78, 5) is 16.2. The van der Waals surface area contributed by atoms with Crippen molar-refractivity contribution in [3.8, 4) is 0 Å². The minimum Gasteiger partial charge on any atom is -0.393 e. The van der Waals surface area contributed by atoms with Crippen LogP contribution in [0, 0.1) is 0 Å². The maximum Gasteiger partial charge on any atom is 0.251 e. The van der Waals surface area contributed by atoms with Gasteiger partial charge in [-0.1, -0.05) is 12.1 Å². The van der Waals surface area contributed by atoms with Crippen LogP contribution in [0.2, 0.25) is 0 Å². The van der Waals surface area contributed by atoms with Gasteiger partial charge < -0.3 is 10.4 Å². The molecule has 18 heavy (non-hydrogen) atoms. The van der Waals surface area contributed by atoms with Gasteiger partial charge in [0.2, 0.25) is 0 Å². The van der Waals surface area contributed by atoms with Gasteiger partial charge in [0.25, 0.3) is 5.91 Å². The Morgan fingerprint density at radius 3 is 3.00 bits per heavy atom. The Morgan fingerprint density at radius 1 is 1.39 bits per heavy atom. The molecule has 2 N–H and O–H groups in total. The molecule has 0 aliphatic heterocycles. The lowest BCUT2D eigenvalue weighted by Crippen LogP contribution is -2.26. The highest BCUT2D eigenvalue weighted by atomic mass is 16.3. The minimum absolute atomic E-state index is 0.130. The molecule has 2 aromatic rings. The fourth-order valence-electron chi connectivity index (χ4n) is 1.79. The van der Waals surface area contributed by atoms with Crippen LogP contribution < -0.4 is 5.32 Å². The van der Waals surface area contributed by atoms with Crippen molar-refractivity contribution in [3.63, 3.8) is 0 Å². The minimum atomic E-state index is -0.403. The van der Waals surface area contributed by atoms with Crippen LogP contribution in [0.25, 0.3) is 10.9 Å². The normalized spacial score (nSPS) is 12.3. The Labute approximate surface area is 106 Å². The van der Waals surface area contributed by atoms with Crippen molar-refractivity contribution in [1.82, 2.24) is 10.3 Å². The van der Waals surface area contributed by atoms with Crippen LogP contribution in [0.4, 0.5) is 0 Å². The summed E-state index contributed by atoms with van der Waals surface area (Å²) in [7, 11) is 0. The van der Waals surface area contributed by atoms with Crippen LogP contribution in [-0.2, 0) is 0 Å². The van der Waals surface area contributed by atoms with E-state index in [1.54, 1.807) is 19.2 Å². The molecular weight excluding hydrogens is 228 g/mol. The van der Waals surface area contributed by atoms with Gasteiger partial charge in [0.15, 0.2) is 0 Å². The number of nitrogens with zero attached hydrogens (tertiary/aromatic N) is 1. The Balaban J connectivity index is 2.17. The second kappa shape index (κ2) is 5.60. The van der Waals surface area contributed by atoms with E-state index in [2.05, 4.69) is 10.3 Å². The molecule has 4 nitrogen and oxygen atoms in total. The molecule has 1 aromatic heterocycles. The summed E-state index contributed by atoms with van der Waals surface area (Å²) < 4.78 is 0. The van der Waals surface area contributed by atoms with Crippen LogP contribution in [0.3, 0.4) is 0 Å². The number of benzene rings is 1. The average Bonchev–Trinajstić information content (AvgIpc) is 2.37. The molecule has 0 aliphatic rings. The zero-order chi connectivity index (χ0) is 13.0. The number of hydrogen-bond donors (Lipinski definition) is 2. The summed E-state index contributed by atoms with van der Waals surface area (Å²) in [6, 6.07) is 9.17. The summed E-state index contributed by atoms with van der Waals surface area (Å²) in [5.74, 6) is -0.130. The third-order valence-electron chi connectivity index (χ3n) is 2.74. The third-order valence-corrected chi connectivity index (χ3v) is 2.74. The average molecular weight is 244 g/mol. The Bertz CT molecular complexity index is 547. The quantitative estimate of drug-likeness (QED) is 0.861. The first-order chi connectivity index (χ1) is 8.68. The number of aliphatic hydroxyl groups is 1. The van der Waals surface area contributed by atoms with E-state index in [1.165, 1.54) is 0 Å². The van der Waals surface area contributed by atoms with Gasteiger partial charge in [-0.25, -0.2) is 0 Å². The van der Waals surface area contributed by atoms with E-state index < -0.39 is 6.10 Å². The van der Waals surface area contributed by atoms with Gasteiger partial charge in [-0.3, -0.25) is 9.78 Å². The third kappa shape index (κ3) is 2.84. The van der Waals surface area contributed by atoms with E-state index in [0.717, 1.165) is 10.9 Å². The predicted octanol–water partition coefficient (Wildman–Crippen LogP) is 1.74. The highest BCUT2D eigenvalue weighted by molar-refractivity contribution is 6.06. The standard InChI is InChI=1S/C14H16N2O2/c1-10(17)7-9-16-14(18)12-4-2-6-13-11(12)5-3-8-15-13/h2-6,8,10,17H,7,9H2,1H3,(H,16,18). The predicted molar refractivity (Wildman–Crippen MR) is 70.4 cm³/mol. The summed E-state index contributed by atoms with van der Waals surface area (Å²) in [5.41, 5.74) is 1.42. The molecule has 94 valence electrons. The van der Waals surface area contributed by atoms with Crippen LogP contribution in [-0.4, -0.2) is 28.6 Å². The number of carbonyl (C=O) groups excluding carboxylic acids is 1. The van der Waals surface area contributed by atoms with Gasteiger partial charge in [0.1, 0.15) is 0 Å². The number of aromatic nitrogens is 1. The molecule has 0 saturated carbocycles. The second-order valence-corrected chi connectivity index (χ2v) is 4.27. The van der Waals surface area contributed by atoms with Crippen molar-refractivity contribution in [2.75, 3.05) is 6.54 Å². The number of nitrogens with one attached hydrogen (secondary N) is 1. The Morgan fingerprint density at radius 2 is 2.22 bits per heavy atom. The largest absolute Gasteiger partial charge is 0.393 e. The lowest BCUT2D eigenvalue weighted by Gasteiger charge is -2.08. The smallest absolute Gasteiger partial charge is 0.251 e. The van der Waals surface area contributed by atoms with E-state index in [-0.39, 0.29) is 5.91 Å². The fourth-order valence-corrected chi connectivity index (χ4v) is 1.79. The number of amides is 1. The van der Waals surface area contributed by atoms with E-state index in [1.807, 2.05) is 24.3 Å². The fraction of sp³-hybridized carbons (Fsp3) is 0.286. The number of hydrogen-bond acceptors (Lipinski definition) is 3. The number of fused-ring (bicyclic) bond motifs is 1. The van der Waals surface area contributed by atoms with Crippen molar-refractivity contribution >= 4 is 16.8 Å². The van der Waals surface area contributed by atoms with Crippen LogP contribution in [0.5, 0.6) is 0 Å². The van der Waals surface area contributed by atoms with Gasteiger partial charge in [0, 0.05) is 23.7 Å². The Hall–Kier alpha value is -1.94. The molecule has 0 saturated heterocycles. The topological polar surface area (TPSA) is 62.2 Å². The van der Waals surface area contributed by atoms with Crippen molar-refractivity contribution < 1.29 is 9.90 Å². The maximum absolute atomic E-state index is 12.0. The number of pyridine rings is 1. The van der Waals surface area contributed by atoms with Gasteiger partial charge in [-0.2, -0.15) is 0 Å². The summed E-state index contributed by atoms with van der Waals surface area (Å²) in [6.45, 7) is 2.17. The van der Waals surface area contributed by atoms with E-state index >= 15 is 0 Å². The molecule has 2 rings (SSSR count). The van der Waals surface area contributed by atoms with Gasteiger partial charge in [-0.05, 0) is 31.5 Å². The van der Waals surface area contributed by atoms with Gasteiger partial charge in [-0.15, -0.1) is 0 Å². The summed E-state index contributed by atoms with van der Waals surface area (Å²) in [5, 5.41) is 12.8. The zero-order valence-electron chi connectivity index (χ0n) is 10.3. The number of carbonyl (C=O) groups is 1. The van der Waals surface area contributed by atoms with Gasteiger partial charge >= 0.3 is 0 Å². The number of aliphatic hydroxyl groups excluding tert-OH is 1. The molecule has 1 heterocycles. The lowest BCUT2D eigenvalue weighted by molar-refractivity contribution is 0.0947. The molecule has 1 aromatic carbocycles. The molecule has 0 spiro atoms. The molecular formula is C14H16N2O2. The van der Waals surface area contributed by atoms with Crippen LogP contribution in [0.15, 0.2) is 36.5 Å². The second-order valence-electron chi connectivity index (χ2n) is 4.27. The first-order valence-electron chi connectivity index (χ1n) is 5.98. The van der Waals surface area contributed by atoms with Crippen LogP contribution in [0.1, 0.15) is 23.7 Å². The van der Waals surface area contributed by atoms with Gasteiger partial charge in [0.05, 0.1) is 11.6 Å². The molecule has 1 atom stereocenters. The van der Waals surface area contributed by atoms with Crippen molar-refractivity contribution in [1.29, 1.82) is 0 Å². The van der Waals surface area contributed by atoms with Crippen molar-refractivity contribution in [3.05, 3.63) is 42.1 Å². The molecule has 0 bridgehead atoms. The van der Waals surface area contributed by atoms with E-state index in [9.17, 15) is 4.79 Å². The Kier molecular flexibility index (Phi) is 3.89. The maximum atomic E-state index is 12.0. The summed E-state index contributed by atoms with van der Waals surface area (Å²) in [6.07, 6.45) is 1.85. The molecule has 0 aliphatic carbocycles. The monoisotopic (exact) mass is 244 g/mol. The molecule has 4 heteroatoms. The molecule has 1 unspecified atom stereocenters. The highest BCUT2D eigenvalue weighted by Gasteiger charge is 2.09. The highest BCUT2D eigenvalue weighted by Crippen LogP contribution is 2.16. The molecule has 1 amide bonds. The zero-order valence-corrected chi connectivity index (χ0v) is 10.3.